The lowest BCUT2D eigenvalue weighted by Gasteiger charge is -2.07. The first-order chi connectivity index (χ1) is 7.88. The van der Waals surface area contributed by atoms with E-state index in [1.807, 2.05) is 24.3 Å². The third-order valence-electron chi connectivity index (χ3n) is 2.92. The average molecular weight is 217 g/mol. The number of rotatable bonds is 4. The monoisotopic (exact) mass is 217 g/mol. The van der Waals surface area contributed by atoms with Gasteiger partial charge in [-0.05, 0) is 25.0 Å². The first kappa shape index (κ1) is 11.1. The molecule has 0 bridgehead atoms. The molecule has 1 aliphatic heterocycles. The van der Waals surface area contributed by atoms with E-state index >= 15 is 0 Å². The molecule has 1 saturated heterocycles. The number of hydrogen-bond donors (Lipinski definition) is 1. The van der Waals surface area contributed by atoms with E-state index in [1.165, 1.54) is 18.4 Å². The lowest BCUT2D eigenvalue weighted by atomic mass is 10.1. The SMILES string of the molecule is N#Cc1ccc(C[NH2+]C[C@H]2CCCO2)cc1. The predicted octanol–water partition coefficient (Wildman–Crippen LogP) is 0.801. The molecule has 1 heterocycles. The molecule has 3 heteroatoms. The van der Waals surface area contributed by atoms with Crippen LogP contribution in [-0.4, -0.2) is 19.3 Å². The van der Waals surface area contributed by atoms with Crippen LogP contribution in [0.2, 0.25) is 0 Å². The summed E-state index contributed by atoms with van der Waals surface area (Å²) in [6.45, 7) is 2.93. The van der Waals surface area contributed by atoms with E-state index < -0.39 is 0 Å². The van der Waals surface area contributed by atoms with Crippen molar-refractivity contribution in [1.82, 2.24) is 0 Å². The standard InChI is InChI=1S/C13H16N2O/c14-8-11-3-5-12(6-4-11)9-15-10-13-2-1-7-16-13/h3-6,13,15H,1-2,7,9-10H2/p+1/t13-/m1/s1. The van der Waals surface area contributed by atoms with Crippen molar-refractivity contribution in [1.29, 1.82) is 5.26 Å². The number of nitrogens with zero attached hydrogens (tertiary/aromatic N) is 1. The molecule has 0 radical (unpaired) electrons. The molecular weight excluding hydrogens is 200 g/mol. The summed E-state index contributed by atoms with van der Waals surface area (Å²) in [6, 6.07) is 9.90. The van der Waals surface area contributed by atoms with Crippen LogP contribution in [0.4, 0.5) is 0 Å². The van der Waals surface area contributed by atoms with Gasteiger partial charge >= 0.3 is 0 Å². The van der Waals surface area contributed by atoms with Crippen LogP contribution in [0.5, 0.6) is 0 Å². The summed E-state index contributed by atoms with van der Waals surface area (Å²) in [5.74, 6) is 0. The quantitative estimate of drug-likeness (QED) is 0.811. The summed E-state index contributed by atoms with van der Waals surface area (Å²) < 4.78 is 5.55. The topological polar surface area (TPSA) is 49.6 Å². The Balaban J connectivity index is 1.74. The van der Waals surface area contributed by atoms with Crippen LogP contribution in [-0.2, 0) is 11.3 Å². The second-order valence-electron chi connectivity index (χ2n) is 4.17. The number of nitrogens with two attached hydrogens (primary N) is 1. The van der Waals surface area contributed by atoms with Crippen molar-refractivity contribution in [3.63, 3.8) is 0 Å². The Bertz CT molecular complexity index is 361. The Morgan fingerprint density at radius 2 is 2.19 bits per heavy atom. The summed E-state index contributed by atoms with van der Waals surface area (Å²) >= 11 is 0. The summed E-state index contributed by atoms with van der Waals surface area (Å²) in [5.41, 5.74) is 1.99. The third kappa shape index (κ3) is 3.06. The fourth-order valence-electron chi connectivity index (χ4n) is 1.98. The third-order valence-corrected chi connectivity index (χ3v) is 2.92. The van der Waals surface area contributed by atoms with Crippen LogP contribution in [0.15, 0.2) is 24.3 Å². The first-order valence-corrected chi connectivity index (χ1v) is 5.81. The van der Waals surface area contributed by atoms with E-state index in [1.54, 1.807) is 0 Å². The number of nitriles is 1. The van der Waals surface area contributed by atoms with Crippen LogP contribution in [0.25, 0.3) is 0 Å². The largest absolute Gasteiger partial charge is 0.372 e. The van der Waals surface area contributed by atoms with Crippen LogP contribution in [0.1, 0.15) is 24.0 Å². The summed E-state index contributed by atoms with van der Waals surface area (Å²) in [6.07, 6.45) is 2.84. The van der Waals surface area contributed by atoms with Gasteiger partial charge in [-0.1, -0.05) is 12.1 Å². The maximum absolute atomic E-state index is 8.67. The zero-order valence-corrected chi connectivity index (χ0v) is 9.36. The fraction of sp³-hybridized carbons (Fsp3) is 0.462. The Labute approximate surface area is 96.0 Å². The molecule has 1 aromatic carbocycles. The highest BCUT2D eigenvalue weighted by molar-refractivity contribution is 5.31. The molecule has 16 heavy (non-hydrogen) atoms. The molecule has 0 aliphatic carbocycles. The molecule has 1 fully saturated rings. The van der Waals surface area contributed by atoms with E-state index in [0.717, 1.165) is 25.3 Å². The van der Waals surface area contributed by atoms with Gasteiger partial charge in [-0.15, -0.1) is 0 Å². The molecule has 1 atom stereocenters. The van der Waals surface area contributed by atoms with E-state index in [9.17, 15) is 0 Å². The van der Waals surface area contributed by atoms with Gasteiger partial charge in [0.15, 0.2) is 0 Å². The molecule has 1 aliphatic rings. The molecular formula is C13H17N2O+. The Morgan fingerprint density at radius 1 is 1.38 bits per heavy atom. The number of hydrogen-bond acceptors (Lipinski definition) is 2. The lowest BCUT2D eigenvalue weighted by Crippen LogP contribution is -2.84. The van der Waals surface area contributed by atoms with E-state index in [2.05, 4.69) is 11.4 Å². The molecule has 0 unspecified atom stereocenters. The highest BCUT2D eigenvalue weighted by Gasteiger charge is 2.16. The van der Waals surface area contributed by atoms with E-state index in [4.69, 9.17) is 10.00 Å². The molecule has 0 saturated carbocycles. The fourth-order valence-corrected chi connectivity index (χ4v) is 1.98. The summed E-state index contributed by atoms with van der Waals surface area (Å²) in [7, 11) is 0. The van der Waals surface area contributed by atoms with Crippen molar-refractivity contribution in [3.8, 4) is 6.07 Å². The van der Waals surface area contributed by atoms with Crippen molar-refractivity contribution in [2.45, 2.75) is 25.5 Å². The Morgan fingerprint density at radius 3 is 2.81 bits per heavy atom. The Hall–Kier alpha value is -1.37. The van der Waals surface area contributed by atoms with E-state index in [-0.39, 0.29) is 0 Å². The molecule has 3 nitrogen and oxygen atoms in total. The van der Waals surface area contributed by atoms with Gasteiger partial charge in [0, 0.05) is 12.2 Å². The average Bonchev–Trinajstić information content (AvgIpc) is 2.83. The highest BCUT2D eigenvalue weighted by atomic mass is 16.5. The first-order valence-electron chi connectivity index (χ1n) is 5.81. The van der Waals surface area contributed by atoms with Gasteiger partial charge < -0.3 is 10.1 Å². The molecule has 84 valence electrons. The molecule has 2 N–H and O–H groups in total. The molecule has 0 aromatic heterocycles. The second kappa shape index (κ2) is 5.64. The normalized spacial score (nSPS) is 19.6. The predicted molar refractivity (Wildman–Crippen MR) is 60.6 cm³/mol. The van der Waals surface area contributed by atoms with Gasteiger partial charge in [-0.3, -0.25) is 0 Å². The van der Waals surface area contributed by atoms with Crippen molar-refractivity contribution >= 4 is 0 Å². The molecule has 0 amide bonds. The summed E-state index contributed by atoms with van der Waals surface area (Å²) in [5, 5.41) is 10.9. The number of ether oxygens (including phenoxy) is 1. The minimum atomic E-state index is 0.443. The van der Waals surface area contributed by atoms with Gasteiger partial charge in [0.2, 0.25) is 0 Å². The minimum absolute atomic E-state index is 0.443. The molecule has 1 aromatic rings. The zero-order valence-electron chi connectivity index (χ0n) is 9.36. The van der Waals surface area contributed by atoms with Gasteiger partial charge in [0.05, 0.1) is 11.6 Å². The number of benzene rings is 1. The van der Waals surface area contributed by atoms with Gasteiger partial charge in [-0.25, -0.2) is 0 Å². The molecule has 2 rings (SSSR count). The van der Waals surface area contributed by atoms with Gasteiger partial charge in [0.25, 0.3) is 0 Å². The molecule has 0 spiro atoms. The van der Waals surface area contributed by atoms with Crippen LogP contribution >= 0.6 is 0 Å². The lowest BCUT2D eigenvalue weighted by molar-refractivity contribution is -0.676. The van der Waals surface area contributed by atoms with Gasteiger partial charge in [-0.2, -0.15) is 5.26 Å². The van der Waals surface area contributed by atoms with Gasteiger partial charge in [0.1, 0.15) is 19.2 Å². The minimum Gasteiger partial charge on any atom is -0.372 e. The van der Waals surface area contributed by atoms with Crippen molar-refractivity contribution in [2.24, 2.45) is 0 Å². The van der Waals surface area contributed by atoms with Crippen molar-refractivity contribution in [3.05, 3.63) is 35.4 Å². The zero-order chi connectivity index (χ0) is 11.2. The van der Waals surface area contributed by atoms with Crippen LogP contribution in [0, 0.1) is 11.3 Å². The van der Waals surface area contributed by atoms with Crippen LogP contribution < -0.4 is 5.32 Å². The smallest absolute Gasteiger partial charge is 0.106 e. The highest BCUT2D eigenvalue weighted by Crippen LogP contribution is 2.09. The maximum Gasteiger partial charge on any atom is 0.106 e. The van der Waals surface area contributed by atoms with E-state index in [0.29, 0.717) is 6.10 Å². The number of quaternary nitrogens is 1. The Kier molecular flexibility index (Phi) is 3.92. The maximum atomic E-state index is 8.67. The van der Waals surface area contributed by atoms with Crippen molar-refractivity contribution in [2.75, 3.05) is 13.2 Å². The summed E-state index contributed by atoms with van der Waals surface area (Å²) in [4.78, 5) is 0. The second-order valence-corrected chi connectivity index (χ2v) is 4.17. The van der Waals surface area contributed by atoms with Crippen molar-refractivity contribution < 1.29 is 10.1 Å². The van der Waals surface area contributed by atoms with Crippen LogP contribution in [0.3, 0.4) is 0 Å².